The van der Waals surface area contributed by atoms with Gasteiger partial charge in [-0.3, -0.25) is 4.98 Å². The van der Waals surface area contributed by atoms with Crippen molar-refractivity contribution in [3.8, 4) is 11.1 Å². The third-order valence-corrected chi connectivity index (χ3v) is 5.12. The topological polar surface area (TPSA) is 39.2 Å². The quantitative estimate of drug-likeness (QED) is 0.775. The van der Waals surface area contributed by atoms with E-state index < -0.39 is 0 Å². The Morgan fingerprint density at radius 1 is 1.24 bits per heavy atom. The van der Waals surface area contributed by atoms with E-state index in [2.05, 4.69) is 4.98 Å². The van der Waals surface area contributed by atoms with Crippen molar-refractivity contribution in [1.82, 2.24) is 4.98 Å². The van der Waals surface area contributed by atoms with Crippen LogP contribution in [0, 0.1) is 0 Å². The van der Waals surface area contributed by atoms with Gasteiger partial charge in [-0.1, -0.05) is 19.3 Å². The highest BCUT2D eigenvalue weighted by Crippen LogP contribution is 2.39. The molecule has 2 aromatic rings. The second-order valence-corrected chi connectivity index (χ2v) is 6.37. The van der Waals surface area contributed by atoms with E-state index in [1.54, 1.807) is 6.20 Å². The van der Waals surface area contributed by atoms with E-state index in [1.807, 2.05) is 23.7 Å². The van der Waals surface area contributed by atoms with Gasteiger partial charge in [0, 0.05) is 18.0 Å². The van der Waals surface area contributed by atoms with Gasteiger partial charge in [-0.25, -0.2) is 4.79 Å². The molecule has 2 aromatic heterocycles. The Morgan fingerprint density at radius 2 is 2.05 bits per heavy atom. The van der Waals surface area contributed by atoms with Crippen molar-refractivity contribution in [2.45, 2.75) is 38.0 Å². The molecule has 110 valence electrons. The van der Waals surface area contributed by atoms with Crippen LogP contribution >= 0.6 is 11.3 Å². The molecule has 3 nitrogen and oxygen atoms in total. The minimum Gasteiger partial charge on any atom is -0.465 e. The molecule has 0 N–H and O–H groups in total. The number of aromatic nitrogens is 1. The average molecular weight is 301 g/mol. The summed E-state index contributed by atoms with van der Waals surface area (Å²) < 4.78 is 4.90. The maximum Gasteiger partial charge on any atom is 0.348 e. The van der Waals surface area contributed by atoms with Gasteiger partial charge in [-0.2, -0.15) is 0 Å². The maximum atomic E-state index is 11.9. The molecule has 1 aliphatic rings. The third-order valence-electron chi connectivity index (χ3n) is 4.22. The fraction of sp³-hybridized carbons (Fsp3) is 0.412. The molecular weight excluding hydrogens is 282 g/mol. The summed E-state index contributed by atoms with van der Waals surface area (Å²) in [6, 6.07) is 4.04. The van der Waals surface area contributed by atoms with Crippen LogP contribution in [0.1, 0.15) is 53.3 Å². The fourth-order valence-corrected chi connectivity index (χ4v) is 3.99. The van der Waals surface area contributed by atoms with Crippen LogP contribution in [0.5, 0.6) is 0 Å². The summed E-state index contributed by atoms with van der Waals surface area (Å²) in [5, 5.41) is 1.95. The number of ether oxygens (including phenoxy) is 1. The van der Waals surface area contributed by atoms with Crippen molar-refractivity contribution < 1.29 is 9.53 Å². The molecule has 3 rings (SSSR count). The number of methoxy groups -OCH3 is 1. The molecule has 1 saturated carbocycles. The summed E-state index contributed by atoms with van der Waals surface area (Å²) in [7, 11) is 1.43. The number of hydrogen-bond donors (Lipinski definition) is 0. The number of pyridine rings is 1. The number of esters is 1. The first-order valence-electron chi connectivity index (χ1n) is 7.41. The first-order valence-corrected chi connectivity index (χ1v) is 8.29. The zero-order chi connectivity index (χ0) is 14.7. The predicted molar refractivity (Wildman–Crippen MR) is 84.7 cm³/mol. The minimum absolute atomic E-state index is 0.258. The van der Waals surface area contributed by atoms with E-state index in [-0.39, 0.29) is 5.97 Å². The molecule has 0 atom stereocenters. The van der Waals surface area contributed by atoms with E-state index in [0.717, 1.165) is 11.1 Å². The van der Waals surface area contributed by atoms with Gasteiger partial charge in [0.1, 0.15) is 4.88 Å². The van der Waals surface area contributed by atoms with Crippen LogP contribution in [-0.2, 0) is 4.74 Å². The molecule has 0 spiro atoms. The molecule has 0 aromatic carbocycles. The van der Waals surface area contributed by atoms with Crippen molar-refractivity contribution in [2.75, 3.05) is 7.11 Å². The van der Waals surface area contributed by atoms with Crippen LogP contribution < -0.4 is 0 Å². The van der Waals surface area contributed by atoms with E-state index >= 15 is 0 Å². The van der Waals surface area contributed by atoms with Crippen LogP contribution in [0.3, 0.4) is 0 Å². The van der Waals surface area contributed by atoms with Gasteiger partial charge in [0.2, 0.25) is 0 Å². The van der Waals surface area contributed by atoms with Crippen molar-refractivity contribution in [1.29, 1.82) is 0 Å². The highest BCUT2D eigenvalue weighted by molar-refractivity contribution is 7.12. The van der Waals surface area contributed by atoms with Crippen LogP contribution in [0.2, 0.25) is 0 Å². The van der Waals surface area contributed by atoms with Gasteiger partial charge in [0.15, 0.2) is 0 Å². The van der Waals surface area contributed by atoms with Gasteiger partial charge >= 0.3 is 5.97 Å². The summed E-state index contributed by atoms with van der Waals surface area (Å²) in [6.45, 7) is 0. The standard InChI is InChI=1S/C17H19NO2S/c1-20-17(19)16-14(8-10-21-16)13-7-9-18-11-15(13)12-5-3-2-4-6-12/h7-12H,2-6H2,1H3. The van der Waals surface area contributed by atoms with E-state index in [9.17, 15) is 4.79 Å². The predicted octanol–water partition coefficient (Wildman–Crippen LogP) is 4.64. The van der Waals surface area contributed by atoms with Crippen molar-refractivity contribution in [3.63, 3.8) is 0 Å². The molecule has 0 unspecified atom stereocenters. The SMILES string of the molecule is COC(=O)c1sccc1-c1ccncc1C1CCCCC1. The minimum atomic E-state index is -0.258. The average Bonchev–Trinajstić information content (AvgIpc) is 3.04. The third kappa shape index (κ3) is 2.86. The Bertz CT molecular complexity index is 629. The van der Waals surface area contributed by atoms with Crippen molar-refractivity contribution in [3.05, 3.63) is 40.3 Å². The summed E-state index contributed by atoms with van der Waals surface area (Å²) in [5.74, 6) is 0.305. The van der Waals surface area contributed by atoms with Crippen LogP contribution in [0.4, 0.5) is 0 Å². The number of thiophene rings is 1. The lowest BCUT2D eigenvalue weighted by molar-refractivity contribution is 0.0607. The Labute approximate surface area is 129 Å². The zero-order valence-corrected chi connectivity index (χ0v) is 13.0. The molecule has 0 bridgehead atoms. The smallest absolute Gasteiger partial charge is 0.348 e. The molecule has 1 aliphatic carbocycles. The lowest BCUT2D eigenvalue weighted by Gasteiger charge is -2.24. The number of rotatable bonds is 3. The zero-order valence-electron chi connectivity index (χ0n) is 12.2. The number of nitrogens with zero attached hydrogens (tertiary/aromatic N) is 1. The van der Waals surface area contributed by atoms with Gasteiger partial charge < -0.3 is 4.74 Å². The molecule has 1 fully saturated rings. The maximum absolute atomic E-state index is 11.9. The normalized spacial score (nSPS) is 15.9. The number of carbonyl (C=O) groups excluding carboxylic acids is 1. The molecule has 0 radical (unpaired) electrons. The second-order valence-electron chi connectivity index (χ2n) is 5.45. The van der Waals surface area contributed by atoms with Gasteiger partial charge in [0.05, 0.1) is 7.11 Å². The summed E-state index contributed by atoms with van der Waals surface area (Å²) in [4.78, 5) is 16.9. The Morgan fingerprint density at radius 3 is 2.81 bits per heavy atom. The molecule has 0 saturated heterocycles. The second kappa shape index (κ2) is 6.39. The Balaban J connectivity index is 2.03. The monoisotopic (exact) mass is 301 g/mol. The van der Waals surface area contributed by atoms with E-state index in [1.165, 1.54) is 56.1 Å². The highest BCUT2D eigenvalue weighted by Gasteiger charge is 2.22. The summed E-state index contributed by atoms with van der Waals surface area (Å²) in [5.41, 5.74) is 3.40. The first kappa shape index (κ1) is 14.3. The lowest BCUT2D eigenvalue weighted by Crippen LogP contribution is -2.07. The van der Waals surface area contributed by atoms with Crippen LogP contribution in [0.25, 0.3) is 11.1 Å². The molecule has 0 aliphatic heterocycles. The Hall–Kier alpha value is -1.68. The Kier molecular flexibility index (Phi) is 4.34. The summed E-state index contributed by atoms with van der Waals surface area (Å²) >= 11 is 1.44. The molecule has 2 heterocycles. The van der Waals surface area contributed by atoms with Crippen molar-refractivity contribution >= 4 is 17.3 Å². The van der Waals surface area contributed by atoms with Gasteiger partial charge in [-0.15, -0.1) is 11.3 Å². The van der Waals surface area contributed by atoms with Crippen LogP contribution in [-0.4, -0.2) is 18.1 Å². The largest absolute Gasteiger partial charge is 0.465 e. The number of carbonyl (C=O) groups is 1. The molecular formula is C17H19NO2S. The lowest BCUT2D eigenvalue weighted by atomic mass is 9.82. The molecule has 0 amide bonds. The highest BCUT2D eigenvalue weighted by atomic mass is 32.1. The summed E-state index contributed by atoms with van der Waals surface area (Å²) in [6.07, 6.45) is 10.1. The molecule has 21 heavy (non-hydrogen) atoms. The van der Waals surface area contributed by atoms with Crippen LogP contribution in [0.15, 0.2) is 29.9 Å². The van der Waals surface area contributed by atoms with Gasteiger partial charge in [-0.05, 0) is 47.4 Å². The van der Waals surface area contributed by atoms with Gasteiger partial charge in [0.25, 0.3) is 0 Å². The van der Waals surface area contributed by atoms with E-state index in [0.29, 0.717) is 10.8 Å². The van der Waals surface area contributed by atoms with Crippen molar-refractivity contribution in [2.24, 2.45) is 0 Å². The number of hydrogen-bond acceptors (Lipinski definition) is 4. The fourth-order valence-electron chi connectivity index (χ4n) is 3.16. The van der Waals surface area contributed by atoms with E-state index in [4.69, 9.17) is 4.74 Å². The molecule has 4 heteroatoms. The first-order chi connectivity index (χ1) is 10.3.